The van der Waals surface area contributed by atoms with E-state index in [-0.39, 0.29) is 24.4 Å². The zero-order valence-electron chi connectivity index (χ0n) is 23.2. The number of aliphatic hydroxyl groups is 3. The Morgan fingerprint density at radius 1 is 1.03 bits per heavy atom. The van der Waals surface area contributed by atoms with E-state index in [0.717, 1.165) is 48.9 Å². The highest BCUT2D eigenvalue weighted by Gasteiger charge is 2.48. The molecule has 1 unspecified atom stereocenters. The minimum atomic E-state index is -0.908. The minimum absolute atomic E-state index is 0.0474. The van der Waals surface area contributed by atoms with E-state index in [2.05, 4.69) is 17.4 Å². The monoisotopic (exact) mass is 539 g/mol. The lowest BCUT2D eigenvalue weighted by Gasteiger charge is -2.53. The van der Waals surface area contributed by atoms with Gasteiger partial charge in [0.25, 0.3) is 0 Å². The number of quaternary nitrogens is 1. The first kappa shape index (κ1) is 28.5. The number of nitrogens with zero attached hydrogens (tertiary/aromatic N) is 1. The van der Waals surface area contributed by atoms with Crippen molar-refractivity contribution < 1.29 is 29.6 Å². The lowest BCUT2D eigenvalue weighted by Crippen LogP contribution is -2.65. The lowest BCUT2D eigenvalue weighted by atomic mass is 9.80. The summed E-state index contributed by atoms with van der Waals surface area (Å²) in [6, 6.07) is 15.0. The second-order valence-corrected chi connectivity index (χ2v) is 12.3. The molecule has 0 amide bonds. The highest BCUT2D eigenvalue weighted by molar-refractivity contribution is 5.36. The summed E-state index contributed by atoms with van der Waals surface area (Å²) >= 11 is 0. The van der Waals surface area contributed by atoms with Crippen molar-refractivity contribution in [1.82, 2.24) is 5.32 Å². The number of nitrogens with one attached hydrogen (secondary N) is 1. The Hall–Kier alpha value is -2.00. The Labute approximate surface area is 233 Å². The molecule has 0 radical (unpaired) electrons. The number of rotatable bonds is 13. The molecule has 3 atom stereocenters. The topological polar surface area (TPSA) is 102 Å². The van der Waals surface area contributed by atoms with Crippen LogP contribution in [0.25, 0.3) is 0 Å². The van der Waals surface area contributed by atoms with E-state index >= 15 is 0 Å². The van der Waals surface area contributed by atoms with Gasteiger partial charge >= 0.3 is 0 Å². The van der Waals surface area contributed by atoms with Crippen molar-refractivity contribution in [2.75, 3.05) is 45.9 Å². The summed E-state index contributed by atoms with van der Waals surface area (Å²) in [6.45, 7) is 5.92. The van der Waals surface area contributed by atoms with Gasteiger partial charge in [-0.3, -0.25) is 0 Å². The number of phenols is 1. The van der Waals surface area contributed by atoms with Crippen molar-refractivity contribution in [1.29, 1.82) is 0 Å². The van der Waals surface area contributed by atoms with Gasteiger partial charge in [-0.1, -0.05) is 49.2 Å². The molecule has 7 nitrogen and oxygen atoms in total. The Morgan fingerprint density at radius 2 is 1.77 bits per heavy atom. The third-order valence-corrected chi connectivity index (χ3v) is 9.85. The molecule has 4 aliphatic rings. The van der Waals surface area contributed by atoms with E-state index in [1.54, 1.807) is 12.1 Å². The molecule has 4 fully saturated rings. The molecule has 214 valence electrons. The van der Waals surface area contributed by atoms with Gasteiger partial charge in [0.1, 0.15) is 24.0 Å². The summed E-state index contributed by atoms with van der Waals surface area (Å²) in [5.41, 5.74) is 1.21. The van der Waals surface area contributed by atoms with Crippen LogP contribution in [0.5, 0.6) is 5.75 Å². The van der Waals surface area contributed by atoms with Gasteiger partial charge in [-0.05, 0) is 42.0 Å². The fraction of sp³-hybridized carbons (Fsp3) is 0.625. The fourth-order valence-corrected chi connectivity index (χ4v) is 7.36. The third kappa shape index (κ3) is 6.50. The van der Waals surface area contributed by atoms with Crippen LogP contribution >= 0.6 is 0 Å². The number of ether oxygens (including phenoxy) is 1. The quantitative estimate of drug-likeness (QED) is 0.197. The molecule has 1 aliphatic carbocycles. The number of fused-ring (bicyclic) bond motifs is 3. The van der Waals surface area contributed by atoms with Gasteiger partial charge in [0.15, 0.2) is 0 Å². The van der Waals surface area contributed by atoms with Crippen molar-refractivity contribution in [2.24, 2.45) is 11.8 Å². The first-order valence-corrected chi connectivity index (χ1v) is 15.0. The summed E-state index contributed by atoms with van der Waals surface area (Å²) in [7, 11) is 0. The van der Waals surface area contributed by atoms with Crippen LogP contribution < -0.4 is 5.32 Å². The van der Waals surface area contributed by atoms with E-state index < -0.39 is 11.7 Å². The van der Waals surface area contributed by atoms with E-state index in [1.807, 2.05) is 18.2 Å². The Bertz CT molecular complexity index is 1050. The summed E-state index contributed by atoms with van der Waals surface area (Å²) in [5, 5.41) is 45.0. The first-order valence-electron chi connectivity index (χ1n) is 15.0. The van der Waals surface area contributed by atoms with Crippen LogP contribution in [-0.2, 0) is 16.9 Å². The minimum Gasteiger partial charge on any atom is -0.508 e. The summed E-state index contributed by atoms with van der Waals surface area (Å²) in [4.78, 5) is 0. The van der Waals surface area contributed by atoms with Crippen LogP contribution in [0.4, 0.5) is 0 Å². The molecule has 7 heteroatoms. The molecular weight excluding hydrogens is 492 g/mol. The number of piperidine rings is 3. The molecule has 3 saturated heterocycles. The number of hydrogen-bond donors (Lipinski definition) is 5. The van der Waals surface area contributed by atoms with Gasteiger partial charge in [0.2, 0.25) is 0 Å². The molecule has 2 bridgehead atoms. The fourth-order valence-electron chi connectivity index (χ4n) is 7.36. The van der Waals surface area contributed by atoms with Gasteiger partial charge in [-0.25, -0.2) is 0 Å². The highest BCUT2D eigenvalue weighted by Crippen LogP contribution is 2.42. The standard InChI is InChI=1S/C32H46N2O5/c35-22-26-19-25(11-12-29(26)36)30(37)20-33-15-6-16-34-17-13-24(14-18-34)31(21-34)39-23-32(38,28-9-4-5-10-28)27-7-2-1-3-8-27/h1-3,7-8,11-12,19,24,28,30-31,33,35,37-38H,4-6,9-10,13-18,20-23H2/p+1/t24?,30-,31-,32?,34?/m0/s1. The van der Waals surface area contributed by atoms with Crippen LogP contribution in [-0.4, -0.2) is 76.9 Å². The maximum atomic E-state index is 11.9. The average Bonchev–Trinajstić information content (AvgIpc) is 3.53. The molecule has 2 aromatic rings. The van der Waals surface area contributed by atoms with E-state index in [4.69, 9.17) is 4.74 Å². The maximum Gasteiger partial charge on any atom is 0.121 e. The second kappa shape index (κ2) is 12.7. The summed E-state index contributed by atoms with van der Waals surface area (Å²) in [6.07, 6.45) is 7.45. The van der Waals surface area contributed by atoms with Gasteiger partial charge < -0.3 is 35.0 Å². The second-order valence-electron chi connectivity index (χ2n) is 12.3. The Morgan fingerprint density at radius 3 is 2.49 bits per heavy atom. The van der Waals surface area contributed by atoms with Gasteiger partial charge in [0, 0.05) is 43.8 Å². The third-order valence-electron chi connectivity index (χ3n) is 9.85. The van der Waals surface area contributed by atoms with Crippen LogP contribution in [0, 0.1) is 11.8 Å². The lowest BCUT2D eigenvalue weighted by molar-refractivity contribution is -0.946. The zero-order chi connectivity index (χ0) is 27.3. The highest BCUT2D eigenvalue weighted by atomic mass is 16.5. The number of hydrogen-bond acceptors (Lipinski definition) is 6. The van der Waals surface area contributed by atoms with Gasteiger partial charge in [-0.15, -0.1) is 0 Å². The SMILES string of the molecule is OCc1cc([C@@H](O)CNCCC[N+]23CCC(CC2)[C@@H](OCC(O)(c2ccccc2)C2CCCC2)C3)ccc1O. The van der Waals surface area contributed by atoms with E-state index in [9.17, 15) is 20.4 Å². The molecule has 0 aromatic heterocycles. The maximum absolute atomic E-state index is 11.9. The van der Waals surface area contributed by atoms with Crippen molar-refractivity contribution in [2.45, 2.75) is 69.4 Å². The van der Waals surface area contributed by atoms with Crippen molar-refractivity contribution in [3.63, 3.8) is 0 Å². The Kier molecular flexibility index (Phi) is 9.27. The van der Waals surface area contributed by atoms with Crippen molar-refractivity contribution >= 4 is 0 Å². The van der Waals surface area contributed by atoms with Crippen molar-refractivity contribution in [3.8, 4) is 5.75 Å². The largest absolute Gasteiger partial charge is 0.508 e. The van der Waals surface area contributed by atoms with E-state index in [0.29, 0.717) is 30.2 Å². The molecule has 0 spiro atoms. The number of aromatic hydroxyl groups is 1. The van der Waals surface area contributed by atoms with Gasteiger partial charge in [-0.2, -0.15) is 0 Å². The van der Waals surface area contributed by atoms with Gasteiger partial charge in [0.05, 0.1) is 39.0 Å². The van der Waals surface area contributed by atoms with E-state index in [1.165, 1.54) is 44.8 Å². The summed E-state index contributed by atoms with van der Waals surface area (Å²) < 4.78 is 7.75. The number of aliphatic hydroxyl groups excluding tert-OH is 2. The zero-order valence-corrected chi connectivity index (χ0v) is 23.2. The van der Waals surface area contributed by atoms with Crippen LogP contribution in [0.1, 0.15) is 67.7 Å². The predicted octanol–water partition coefficient (Wildman–Crippen LogP) is 3.60. The Balaban J connectivity index is 1.11. The normalized spacial score (nSPS) is 27.5. The molecule has 5 N–H and O–H groups in total. The first-order chi connectivity index (χ1) is 18.9. The van der Waals surface area contributed by atoms with Crippen molar-refractivity contribution in [3.05, 3.63) is 65.2 Å². The van der Waals surface area contributed by atoms with Crippen LogP contribution in [0.2, 0.25) is 0 Å². The molecule has 39 heavy (non-hydrogen) atoms. The molecular formula is C32H47N2O5+. The van der Waals surface area contributed by atoms with Crippen LogP contribution in [0.3, 0.4) is 0 Å². The van der Waals surface area contributed by atoms with Crippen LogP contribution in [0.15, 0.2) is 48.5 Å². The summed E-state index contributed by atoms with van der Waals surface area (Å²) in [5.74, 6) is 0.907. The number of benzene rings is 2. The molecule has 6 rings (SSSR count). The predicted molar refractivity (Wildman–Crippen MR) is 151 cm³/mol. The molecule has 3 heterocycles. The smallest absolute Gasteiger partial charge is 0.121 e. The molecule has 2 aromatic carbocycles. The molecule has 1 saturated carbocycles. The average molecular weight is 540 g/mol. The molecule has 3 aliphatic heterocycles.